The fourth-order valence-corrected chi connectivity index (χ4v) is 2.28. The standard InChI is InChI=1S/C17H23FO4/c1-17(2,3)22-16(19)9-13-8-14(18)5-4-12(13)10-21-15-6-7-20-11-15/h4-5,8,15H,6-7,9-11H2,1-3H3/t15-/m0/s1. The van der Waals surface area contributed by atoms with Gasteiger partial charge in [0.2, 0.25) is 0 Å². The van der Waals surface area contributed by atoms with Crippen LogP contribution in [0.3, 0.4) is 0 Å². The average molecular weight is 310 g/mol. The monoisotopic (exact) mass is 310 g/mol. The number of hydrogen-bond acceptors (Lipinski definition) is 4. The molecule has 22 heavy (non-hydrogen) atoms. The van der Waals surface area contributed by atoms with Gasteiger partial charge in [0, 0.05) is 6.61 Å². The van der Waals surface area contributed by atoms with Crippen molar-refractivity contribution >= 4 is 5.97 Å². The van der Waals surface area contributed by atoms with Crippen molar-refractivity contribution < 1.29 is 23.4 Å². The zero-order valence-electron chi connectivity index (χ0n) is 13.4. The average Bonchev–Trinajstić information content (AvgIpc) is 2.88. The van der Waals surface area contributed by atoms with Crippen molar-refractivity contribution in [3.63, 3.8) is 0 Å². The van der Waals surface area contributed by atoms with Crippen molar-refractivity contribution in [2.45, 2.75) is 51.9 Å². The quantitative estimate of drug-likeness (QED) is 0.784. The minimum absolute atomic E-state index is 0.0366. The summed E-state index contributed by atoms with van der Waals surface area (Å²) in [7, 11) is 0. The van der Waals surface area contributed by atoms with E-state index in [1.807, 2.05) is 0 Å². The Kier molecular flexibility index (Phi) is 5.53. The van der Waals surface area contributed by atoms with Gasteiger partial charge in [0.1, 0.15) is 11.4 Å². The predicted octanol–water partition coefficient (Wildman–Crippen LogP) is 3.02. The second kappa shape index (κ2) is 7.20. The summed E-state index contributed by atoms with van der Waals surface area (Å²) in [6.07, 6.45) is 0.969. The van der Waals surface area contributed by atoms with E-state index in [9.17, 15) is 9.18 Å². The van der Waals surface area contributed by atoms with Crippen molar-refractivity contribution in [3.8, 4) is 0 Å². The molecule has 0 unspecified atom stereocenters. The molecule has 1 aromatic rings. The molecule has 0 aliphatic carbocycles. The van der Waals surface area contributed by atoms with Crippen LogP contribution in [0.25, 0.3) is 0 Å². The highest BCUT2D eigenvalue weighted by Crippen LogP contribution is 2.18. The second-order valence-corrected chi connectivity index (χ2v) is 6.47. The van der Waals surface area contributed by atoms with Gasteiger partial charge in [-0.05, 0) is 50.5 Å². The molecule has 1 heterocycles. The van der Waals surface area contributed by atoms with E-state index in [2.05, 4.69) is 0 Å². The van der Waals surface area contributed by atoms with Crippen molar-refractivity contribution in [1.82, 2.24) is 0 Å². The number of rotatable bonds is 5. The molecule has 1 aliphatic rings. The lowest BCUT2D eigenvalue weighted by atomic mass is 10.0. The third-order valence-electron chi connectivity index (χ3n) is 3.29. The maximum atomic E-state index is 13.5. The molecule has 2 rings (SSSR count). The lowest BCUT2D eigenvalue weighted by molar-refractivity contribution is -0.153. The Morgan fingerprint density at radius 2 is 2.14 bits per heavy atom. The van der Waals surface area contributed by atoms with Crippen LogP contribution < -0.4 is 0 Å². The molecule has 0 aromatic heterocycles. The molecular formula is C17H23FO4. The molecule has 1 atom stereocenters. The Balaban J connectivity index is 2.01. The Morgan fingerprint density at radius 3 is 2.77 bits per heavy atom. The maximum Gasteiger partial charge on any atom is 0.310 e. The van der Waals surface area contributed by atoms with Crippen molar-refractivity contribution in [2.75, 3.05) is 13.2 Å². The zero-order chi connectivity index (χ0) is 16.2. The molecule has 122 valence electrons. The number of benzene rings is 1. The van der Waals surface area contributed by atoms with Crippen LogP contribution >= 0.6 is 0 Å². The maximum absolute atomic E-state index is 13.5. The smallest absolute Gasteiger partial charge is 0.310 e. The van der Waals surface area contributed by atoms with Gasteiger partial charge in [0.05, 0.1) is 25.7 Å². The molecule has 5 heteroatoms. The molecule has 1 saturated heterocycles. The SMILES string of the molecule is CC(C)(C)OC(=O)Cc1cc(F)ccc1CO[C@H]1CCOC1. The third-order valence-corrected chi connectivity index (χ3v) is 3.29. The first-order valence-electron chi connectivity index (χ1n) is 7.52. The first-order valence-corrected chi connectivity index (χ1v) is 7.52. The van der Waals surface area contributed by atoms with Crippen LogP contribution in [-0.2, 0) is 32.0 Å². The number of carbonyl (C=O) groups is 1. The molecule has 1 aliphatic heterocycles. The normalized spacial score (nSPS) is 18.5. The molecule has 1 fully saturated rings. The zero-order valence-corrected chi connectivity index (χ0v) is 13.4. The van der Waals surface area contributed by atoms with Crippen LogP contribution in [-0.4, -0.2) is 30.9 Å². The summed E-state index contributed by atoms with van der Waals surface area (Å²) in [6, 6.07) is 4.40. The lowest BCUT2D eigenvalue weighted by Gasteiger charge is -2.20. The summed E-state index contributed by atoms with van der Waals surface area (Å²) in [5, 5.41) is 0. The van der Waals surface area contributed by atoms with E-state index in [0.717, 1.165) is 12.0 Å². The Hall–Kier alpha value is -1.46. The second-order valence-electron chi connectivity index (χ2n) is 6.47. The van der Waals surface area contributed by atoms with E-state index in [1.165, 1.54) is 12.1 Å². The molecule has 0 spiro atoms. The molecule has 0 bridgehead atoms. The van der Waals surface area contributed by atoms with Gasteiger partial charge in [0.15, 0.2) is 0 Å². The van der Waals surface area contributed by atoms with Crippen molar-refractivity contribution in [2.24, 2.45) is 0 Å². The summed E-state index contributed by atoms with van der Waals surface area (Å²) < 4.78 is 29.8. The minimum Gasteiger partial charge on any atom is -0.460 e. The first kappa shape index (κ1) is 16.9. The van der Waals surface area contributed by atoms with E-state index in [0.29, 0.717) is 25.4 Å². The number of hydrogen-bond donors (Lipinski definition) is 0. The largest absolute Gasteiger partial charge is 0.460 e. The minimum atomic E-state index is -0.553. The van der Waals surface area contributed by atoms with Crippen molar-refractivity contribution in [3.05, 3.63) is 35.1 Å². The van der Waals surface area contributed by atoms with Crippen LogP contribution in [0.2, 0.25) is 0 Å². The van der Waals surface area contributed by atoms with Crippen molar-refractivity contribution in [1.29, 1.82) is 0 Å². The van der Waals surface area contributed by atoms with Crippen LogP contribution in [0.15, 0.2) is 18.2 Å². The number of ether oxygens (including phenoxy) is 3. The molecule has 0 radical (unpaired) electrons. The highest BCUT2D eigenvalue weighted by molar-refractivity contribution is 5.73. The summed E-state index contributed by atoms with van der Waals surface area (Å²) in [4.78, 5) is 11.9. The Bertz CT molecular complexity index is 516. The predicted molar refractivity (Wildman–Crippen MR) is 80.0 cm³/mol. The number of esters is 1. The lowest BCUT2D eigenvalue weighted by Crippen LogP contribution is -2.25. The van der Waals surface area contributed by atoms with Crippen LogP contribution in [0.1, 0.15) is 38.3 Å². The fourth-order valence-electron chi connectivity index (χ4n) is 2.28. The van der Waals surface area contributed by atoms with E-state index in [-0.39, 0.29) is 24.3 Å². The summed E-state index contributed by atoms with van der Waals surface area (Å²) in [5.41, 5.74) is 0.856. The third kappa shape index (κ3) is 5.39. The van der Waals surface area contributed by atoms with E-state index in [4.69, 9.17) is 14.2 Å². The first-order chi connectivity index (χ1) is 10.3. The molecular weight excluding hydrogens is 287 g/mol. The summed E-state index contributed by atoms with van der Waals surface area (Å²) >= 11 is 0. The number of carbonyl (C=O) groups excluding carboxylic acids is 1. The molecule has 0 saturated carbocycles. The molecule has 0 amide bonds. The Morgan fingerprint density at radius 1 is 1.36 bits per heavy atom. The molecule has 1 aromatic carbocycles. The van der Waals surface area contributed by atoms with Gasteiger partial charge in [-0.2, -0.15) is 0 Å². The number of halogens is 1. The topological polar surface area (TPSA) is 44.8 Å². The Labute approximate surface area is 130 Å². The van der Waals surface area contributed by atoms with Gasteiger partial charge < -0.3 is 14.2 Å². The van der Waals surface area contributed by atoms with Gasteiger partial charge in [0.25, 0.3) is 0 Å². The highest BCUT2D eigenvalue weighted by atomic mass is 19.1. The van der Waals surface area contributed by atoms with Gasteiger partial charge in [-0.25, -0.2) is 4.39 Å². The summed E-state index contributed by atoms with van der Waals surface area (Å²) in [5.74, 6) is -0.741. The fraction of sp³-hybridized carbons (Fsp3) is 0.588. The van der Waals surface area contributed by atoms with E-state index >= 15 is 0 Å². The highest BCUT2D eigenvalue weighted by Gasteiger charge is 2.20. The molecule has 4 nitrogen and oxygen atoms in total. The van der Waals surface area contributed by atoms with Crippen LogP contribution in [0.4, 0.5) is 4.39 Å². The summed E-state index contributed by atoms with van der Waals surface area (Å²) in [6.45, 7) is 7.05. The van der Waals surface area contributed by atoms with E-state index < -0.39 is 5.60 Å². The van der Waals surface area contributed by atoms with Crippen LogP contribution in [0, 0.1) is 5.82 Å². The van der Waals surface area contributed by atoms with E-state index in [1.54, 1.807) is 26.8 Å². The van der Waals surface area contributed by atoms with Gasteiger partial charge >= 0.3 is 5.97 Å². The van der Waals surface area contributed by atoms with Gasteiger partial charge in [-0.1, -0.05) is 6.07 Å². The van der Waals surface area contributed by atoms with Crippen LogP contribution in [0.5, 0.6) is 0 Å². The molecule has 0 N–H and O–H groups in total. The van der Waals surface area contributed by atoms with Gasteiger partial charge in [-0.3, -0.25) is 4.79 Å². The van der Waals surface area contributed by atoms with Gasteiger partial charge in [-0.15, -0.1) is 0 Å².